The smallest absolute Gasteiger partial charge is 0.226 e. The molecule has 0 amide bonds. The molecule has 6 heteroatoms. The van der Waals surface area contributed by atoms with Crippen molar-refractivity contribution in [1.29, 1.82) is 0 Å². The van der Waals surface area contributed by atoms with Crippen molar-refractivity contribution < 1.29 is 0 Å². The molecule has 0 aliphatic rings. The summed E-state index contributed by atoms with van der Waals surface area (Å²) in [5, 5.41) is 3.47. The molecule has 1 N–H and O–H groups in total. The summed E-state index contributed by atoms with van der Waals surface area (Å²) in [6.45, 7) is 4.14. The monoisotopic (exact) mass is 237 g/mol. The molecule has 0 fully saturated rings. The number of fused-ring (bicyclic) bond motifs is 1. The predicted octanol–water partition coefficient (Wildman–Crippen LogP) is 2.28. The number of aromatic nitrogens is 4. The molecule has 0 aliphatic heterocycles. The van der Waals surface area contributed by atoms with Crippen LogP contribution in [0.4, 0.5) is 5.95 Å². The molecule has 0 radical (unpaired) electrons. The van der Waals surface area contributed by atoms with E-state index in [4.69, 9.17) is 11.6 Å². The summed E-state index contributed by atoms with van der Waals surface area (Å²) >= 11 is 6.00. The van der Waals surface area contributed by atoms with E-state index < -0.39 is 0 Å². The molecule has 0 aromatic carbocycles. The maximum Gasteiger partial charge on any atom is 0.226 e. The van der Waals surface area contributed by atoms with Crippen molar-refractivity contribution in [3.63, 3.8) is 0 Å². The highest BCUT2D eigenvalue weighted by atomic mass is 35.5. The quantitative estimate of drug-likeness (QED) is 0.830. The fourth-order valence-corrected chi connectivity index (χ4v) is 1.43. The maximum atomic E-state index is 6.00. The number of hydrogen-bond acceptors (Lipinski definition) is 5. The van der Waals surface area contributed by atoms with Crippen LogP contribution >= 0.6 is 11.6 Å². The highest BCUT2D eigenvalue weighted by molar-refractivity contribution is 6.33. The van der Waals surface area contributed by atoms with Crippen LogP contribution in [-0.4, -0.2) is 26.0 Å². The van der Waals surface area contributed by atoms with Crippen LogP contribution in [0.25, 0.3) is 11.2 Å². The van der Waals surface area contributed by atoms with Crippen LogP contribution in [-0.2, 0) is 0 Å². The van der Waals surface area contributed by atoms with Gasteiger partial charge in [0.1, 0.15) is 5.52 Å². The van der Waals surface area contributed by atoms with Gasteiger partial charge in [-0.15, -0.1) is 0 Å². The van der Waals surface area contributed by atoms with E-state index >= 15 is 0 Å². The van der Waals surface area contributed by atoms with Gasteiger partial charge in [0.2, 0.25) is 5.95 Å². The van der Waals surface area contributed by atoms with Crippen LogP contribution in [0.3, 0.4) is 0 Å². The van der Waals surface area contributed by atoms with Crippen LogP contribution in [0.15, 0.2) is 12.4 Å². The first kappa shape index (κ1) is 11.0. The molecule has 2 aromatic heterocycles. The zero-order valence-corrected chi connectivity index (χ0v) is 9.86. The Labute approximate surface area is 98.3 Å². The third-order valence-corrected chi connectivity index (χ3v) is 2.54. The van der Waals surface area contributed by atoms with Gasteiger partial charge in [-0.3, -0.25) is 0 Å². The average molecular weight is 238 g/mol. The number of hydrogen-bond donors (Lipinski definition) is 1. The molecule has 0 bridgehead atoms. The summed E-state index contributed by atoms with van der Waals surface area (Å²) in [5.41, 5.74) is 1.03. The minimum Gasteiger partial charge on any atom is -0.352 e. The van der Waals surface area contributed by atoms with E-state index in [9.17, 15) is 0 Å². The first-order valence-electron chi connectivity index (χ1n) is 5.11. The minimum atomic E-state index is 0.296. The van der Waals surface area contributed by atoms with E-state index in [0.717, 1.165) is 6.42 Å². The van der Waals surface area contributed by atoms with Gasteiger partial charge < -0.3 is 5.32 Å². The fraction of sp³-hybridized carbons (Fsp3) is 0.400. The lowest BCUT2D eigenvalue weighted by Crippen LogP contribution is -2.16. The van der Waals surface area contributed by atoms with Crippen LogP contribution < -0.4 is 5.32 Å². The number of nitrogens with zero attached hydrogens (tertiary/aromatic N) is 4. The van der Waals surface area contributed by atoms with Crippen LogP contribution in [0.5, 0.6) is 0 Å². The molecule has 2 aromatic rings. The van der Waals surface area contributed by atoms with Gasteiger partial charge >= 0.3 is 0 Å². The summed E-state index contributed by atoms with van der Waals surface area (Å²) < 4.78 is 0. The van der Waals surface area contributed by atoms with E-state index in [1.54, 1.807) is 12.4 Å². The Morgan fingerprint density at radius 1 is 1.31 bits per heavy atom. The second-order valence-corrected chi connectivity index (χ2v) is 3.88. The van der Waals surface area contributed by atoms with Gasteiger partial charge in [0.15, 0.2) is 10.8 Å². The summed E-state index contributed by atoms with van der Waals surface area (Å²) in [4.78, 5) is 16.5. The minimum absolute atomic E-state index is 0.296. The third-order valence-electron chi connectivity index (χ3n) is 2.28. The van der Waals surface area contributed by atoms with E-state index in [1.165, 1.54) is 0 Å². The molecule has 0 aliphatic carbocycles. The zero-order valence-electron chi connectivity index (χ0n) is 9.11. The standard InChI is InChI=1S/C10H12ClN5/c1-3-6(2)14-10-15-8(11)7-9(16-10)13-5-4-12-7/h4-6H,3H2,1-2H3,(H,13,14,15,16). The molecule has 0 saturated carbocycles. The summed E-state index contributed by atoms with van der Waals surface area (Å²) in [7, 11) is 0. The molecule has 2 rings (SSSR count). The maximum absolute atomic E-state index is 6.00. The van der Waals surface area contributed by atoms with Gasteiger partial charge in [-0.25, -0.2) is 9.97 Å². The Morgan fingerprint density at radius 3 is 2.81 bits per heavy atom. The lowest BCUT2D eigenvalue weighted by atomic mass is 10.3. The number of rotatable bonds is 3. The van der Waals surface area contributed by atoms with Gasteiger partial charge in [0, 0.05) is 18.4 Å². The zero-order chi connectivity index (χ0) is 11.5. The Hall–Kier alpha value is -1.49. The highest BCUT2D eigenvalue weighted by Gasteiger charge is 2.08. The molecular formula is C10H12ClN5. The van der Waals surface area contributed by atoms with Crippen molar-refractivity contribution in [3.05, 3.63) is 17.5 Å². The molecule has 1 unspecified atom stereocenters. The fourth-order valence-electron chi connectivity index (χ4n) is 1.22. The lowest BCUT2D eigenvalue weighted by Gasteiger charge is -2.11. The van der Waals surface area contributed by atoms with Gasteiger partial charge in [-0.05, 0) is 13.3 Å². The van der Waals surface area contributed by atoms with Crippen molar-refractivity contribution in [2.45, 2.75) is 26.3 Å². The van der Waals surface area contributed by atoms with Crippen LogP contribution in [0.1, 0.15) is 20.3 Å². The molecule has 5 nitrogen and oxygen atoms in total. The molecule has 84 valence electrons. The second kappa shape index (κ2) is 4.57. The van der Waals surface area contributed by atoms with Gasteiger partial charge in [0.05, 0.1) is 0 Å². The average Bonchev–Trinajstić information content (AvgIpc) is 2.29. The second-order valence-electron chi connectivity index (χ2n) is 3.52. The molecule has 0 saturated heterocycles. The van der Waals surface area contributed by atoms with Crippen molar-refractivity contribution in [1.82, 2.24) is 19.9 Å². The molecule has 1 atom stereocenters. The Kier molecular flexibility index (Phi) is 3.14. The first-order chi connectivity index (χ1) is 7.70. The predicted molar refractivity (Wildman–Crippen MR) is 63.5 cm³/mol. The molecule has 2 heterocycles. The van der Waals surface area contributed by atoms with E-state index in [2.05, 4.69) is 39.1 Å². The normalized spacial score (nSPS) is 12.7. The number of nitrogens with one attached hydrogen (secondary N) is 1. The van der Waals surface area contributed by atoms with E-state index in [-0.39, 0.29) is 0 Å². The summed E-state index contributed by atoms with van der Waals surface area (Å²) in [6.07, 6.45) is 4.14. The molecule has 0 spiro atoms. The van der Waals surface area contributed by atoms with Crippen molar-refractivity contribution in [3.8, 4) is 0 Å². The Balaban J connectivity index is 2.41. The largest absolute Gasteiger partial charge is 0.352 e. The topological polar surface area (TPSA) is 63.6 Å². The van der Waals surface area contributed by atoms with Crippen molar-refractivity contribution in [2.24, 2.45) is 0 Å². The van der Waals surface area contributed by atoms with Gasteiger partial charge in [-0.2, -0.15) is 9.97 Å². The summed E-state index contributed by atoms with van der Waals surface area (Å²) in [5.74, 6) is 0.493. The third kappa shape index (κ3) is 2.19. The van der Waals surface area contributed by atoms with Crippen molar-refractivity contribution >= 4 is 28.7 Å². The summed E-state index contributed by atoms with van der Waals surface area (Å²) in [6, 6.07) is 0.296. The van der Waals surface area contributed by atoms with Gasteiger partial charge in [0.25, 0.3) is 0 Å². The lowest BCUT2D eigenvalue weighted by molar-refractivity contribution is 0.753. The Bertz CT molecular complexity index is 502. The van der Waals surface area contributed by atoms with E-state index in [1.807, 2.05) is 0 Å². The first-order valence-corrected chi connectivity index (χ1v) is 5.49. The number of halogens is 1. The Morgan fingerprint density at radius 2 is 2.06 bits per heavy atom. The van der Waals surface area contributed by atoms with Crippen LogP contribution in [0, 0.1) is 0 Å². The highest BCUT2D eigenvalue weighted by Crippen LogP contribution is 2.18. The SMILES string of the molecule is CCC(C)Nc1nc(Cl)c2nccnc2n1. The van der Waals surface area contributed by atoms with Crippen LogP contribution in [0.2, 0.25) is 5.15 Å². The molecular weight excluding hydrogens is 226 g/mol. The van der Waals surface area contributed by atoms with Gasteiger partial charge in [-0.1, -0.05) is 18.5 Å². The number of anilines is 1. The van der Waals surface area contributed by atoms with E-state index in [0.29, 0.717) is 28.3 Å². The van der Waals surface area contributed by atoms with Crippen molar-refractivity contribution in [2.75, 3.05) is 5.32 Å². The molecule has 16 heavy (non-hydrogen) atoms.